The fourth-order valence-electron chi connectivity index (χ4n) is 1.75. The van der Waals surface area contributed by atoms with Crippen molar-refractivity contribution in [2.75, 3.05) is 25.3 Å². The number of ether oxygens (including phenoxy) is 2. The Morgan fingerprint density at radius 2 is 1.90 bits per heavy atom. The molecule has 2 aromatic rings. The van der Waals surface area contributed by atoms with E-state index in [9.17, 15) is 4.79 Å². The van der Waals surface area contributed by atoms with Crippen molar-refractivity contribution in [2.45, 2.75) is 6.92 Å². The quantitative estimate of drug-likeness (QED) is 0.901. The zero-order chi connectivity index (χ0) is 15.6. The lowest BCUT2D eigenvalue weighted by Crippen LogP contribution is -2.11. The number of nitrogens with one attached hydrogen (secondary N) is 1. The Morgan fingerprint density at radius 3 is 2.43 bits per heavy atom. The molecule has 0 atom stereocenters. The van der Waals surface area contributed by atoms with Gasteiger partial charge >= 0.3 is 0 Å². The van der Waals surface area contributed by atoms with Gasteiger partial charge in [0.1, 0.15) is 11.5 Å². The summed E-state index contributed by atoms with van der Waals surface area (Å²) in [6, 6.07) is 4.85. The molecule has 1 aromatic carbocycles. The largest absolute Gasteiger partial charge is 0.495 e. The second-order valence-electron chi connectivity index (χ2n) is 4.26. The number of nitrogen functional groups attached to an aromatic ring is 1. The Hall–Kier alpha value is -1.92. The average molecular weight is 327 g/mol. The molecule has 2 rings (SSSR count). The summed E-state index contributed by atoms with van der Waals surface area (Å²) in [7, 11) is 3.00. The first kappa shape index (κ1) is 15.5. The lowest BCUT2D eigenvalue weighted by molar-refractivity contribution is 0.103. The Bertz CT molecular complexity index is 666. The fourth-order valence-corrected chi connectivity index (χ4v) is 2.82. The minimum absolute atomic E-state index is 0.262. The van der Waals surface area contributed by atoms with Crippen molar-refractivity contribution in [1.29, 1.82) is 0 Å². The molecule has 7 heteroatoms. The zero-order valence-electron chi connectivity index (χ0n) is 11.8. The van der Waals surface area contributed by atoms with E-state index in [1.165, 1.54) is 25.6 Å². The number of amides is 1. The second-order valence-corrected chi connectivity index (χ2v) is 5.93. The first-order valence-corrected chi connectivity index (χ1v) is 7.24. The van der Waals surface area contributed by atoms with Crippen molar-refractivity contribution in [2.24, 2.45) is 0 Å². The molecule has 0 unspecified atom stereocenters. The predicted octanol–water partition coefficient (Wildman–Crippen LogP) is 3.56. The van der Waals surface area contributed by atoms with Gasteiger partial charge in [-0.15, -0.1) is 11.3 Å². The minimum atomic E-state index is -0.262. The normalized spacial score (nSPS) is 10.3. The smallest absolute Gasteiger partial charge is 0.265 e. The van der Waals surface area contributed by atoms with Crippen LogP contribution in [0.25, 0.3) is 0 Å². The molecule has 1 amide bonds. The number of carbonyl (C=O) groups is 1. The van der Waals surface area contributed by atoms with Crippen LogP contribution in [-0.2, 0) is 0 Å². The monoisotopic (exact) mass is 326 g/mol. The molecular weight excluding hydrogens is 312 g/mol. The average Bonchev–Trinajstić information content (AvgIpc) is 2.80. The number of nitrogens with two attached hydrogens (primary N) is 1. The van der Waals surface area contributed by atoms with Crippen LogP contribution in [0.4, 0.5) is 11.4 Å². The van der Waals surface area contributed by atoms with E-state index in [4.69, 9.17) is 26.8 Å². The first-order valence-electron chi connectivity index (χ1n) is 6.05. The second kappa shape index (κ2) is 6.24. The number of hydrogen-bond acceptors (Lipinski definition) is 5. The van der Waals surface area contributed by atoms with E-state index in [1.807, 2.05) is 6.92 Å². The van der Waals surface area contributed by atoms with E-state index < -0.39 is 0 Å². The molecule has 1 aromatic heterocycles. The van der Waals surface area contributed by atoms with E-state index in [0.29, 0.717) is 32.8 Å². The van der Waals surface area contributed by atoms with E-state index in [0.717, 1.165) is 4.88 Å². The summed E-state index contributed by atoms with van der Waals surface area (Å²) in [6.45, 7) is 1.86. The molecule has 0 aliphatic rings. The molecule has 0 saturated carbocycles. The van der Waals surface area contributed by atoms with Gasteiger partial charge < -0.3 is 20.5 Å². The van der Waals surface area contributed by atoms with Crippen molar-refractivity contribution >= 4 is 40.2 Å². The fraction of sp³-hybridized carbons (Fsp3) is 0.214. The van der Waals surface area contributed by atoms with Gasteiger partial charge in [0.25, 0.3) is 5.91 Å². The van der Waals surface area contributed by atoms with Gasteiger partial charge in [0.2, 0.25) is 0 Å². The van der Waals surface area contributed by atoms with Gasteiger partial charge in [-0.2, -0.15) is 0 Å². The molecule has 0 radical (unpaired) electrons. The first-order chi connectivity index (χ1) is 9.96. The van der Waals surface area contributed by atoms with Crippen molar-refractivity contribution in [3.63, 3.8) is 0 Å². The molecule has 21 heavy (non-hydrogen) atoms. The van der Waals surface area contributed by atoms with E-state index in [1.54, 1.807) is 18.2 Å². The van der Waals surface area contributed by atoms with Crippen molar-refractivity contribution in [1.82, 2.24) is 0 Å². The van der Waals surface area contributed by atoms with Crippen LogP contribution in [0.5, 0.6) is 11.5 Å². The molecule has 0 fully saturated rings. The summed E-state index contributed by atoms with van der Waals surface area (Å²) >= 11 is 7.36. The highest BCUT2D eigenvalue weighted by molar-refractivity contribution is 7.14. The van der Waals surface area contributed by atoms with Crippen molar-refractivity contribution in [3.05, 3.63) is 33.0 Å². The molecule has 3 N–H and O–H groups in total. The SMILES string of the molecule is COc1cc(NC(=O)c2cc(N)c(C)s2)c(OC)cc1Cl. The molecular formula is C14H15ClN2O3S. The Balaban J connectivity index is 2.31. The molecule has 5 nitrogen and oxygen atoms in total. The summed E-state index contributed by atoms with van der Waals surface area (Å²) in [6.07, 6.45) is 0. The summed E-state index contributed by atoms with van der Waals surface area (Å²) in [5.74, 6) is 0.646. The van der Waals surface area contributed by atoms with Crippen LogP contribution < -0.4 is 20.5 Å². The number of carbonyl (C=O) groups excluding carboxylic acids is 1. The molecule has 0 aliphatic carbocycles. The number of benzene rings is 1. The number of thiophene rings is 1. The van der Waals surface area contributed by atoms with E-state index >= 15 is 0 Å². The topological polar surface area (TPSA) is 73.6 Å². The third-order valence-corrected chi connectivity index (χ3v) is 4.26. The number of aryl methyl sites for hydroxylation is 1. The van der Waals surface area contributed by atoms with Crippen LogP contribution >= 0.6 is 22.9 Å². The summed E-state index contributed by atoms with van der Waals surface area (Å²) in [5, 5.41) is 3.18. The van der Waals surface area contributed by atoms with E-state index in [-0.39, 0.29) is 5.91 Å². The van der Waals surface area contributed by atoms with Gasteiger partial charge in [0.05, 0.1) is 29.8 Å². The van der Waals surface area contributed by atoms with Crippen molar-refractivity contribution < 1.29 is 14.3 Å². The number of rotatable bonds is 4. The van der Waals surface area contributed by atoms with Crippen LogP contribution in [0.3, 0.4) is 0 Å². The maximum Gasteiger partial charge on any atom is 0.265 e. The van der Waals surface area contributed by atoms with Gasteiger partial charge in [0.15, 0.2) is 0 Å². The number of anilines is 2. The van der Waals surface area contributed by atoms with Gasteiger partial charge in [-0.25, -0.2) is 0 Å². The lowest BCUT2D eigenvalue weighted by Gasteiger charge is -2.12. The van der Waals surface area contributed by atoms with E-state index in [2.05, 4.69) is 5.32 Å². The van der Waals surface area contributed by atoms with Crippen LogP contribution in [-0.4, -0.2) is 20.1 Å². The number of methoxy groups -OCH3 is 2. The molecule has 1 heterocycles. The highest BCUT2D eigenvalue weighted by atomic mass is 35.5. The summed E-state index contributed by atoms with van der Waals surface area (Å²) in [5.41, 5.74) is 6.84. The number of hydrogen-bond donors (Lipinski definition) is 2. The van der Waals surface area contributed by atoms with Crippen LogP contribution in [0.1, 0.15) is 14.5 Å². The predicted molar refractivity (Wildman–Crippen MR) is 86.0 cm³/mol. The Labute approximate surface area is 131 Å². The van der Waals surface area contributed by atoms with Crippen LogP contribution in [0.15, 0.2) is 18.2 Å². The Morgan fingerprint density at radius 1 is 1.24 bits per heavy atom. The van der Waals surface area contributed by atoms with Gasteiger partial charge in [-0.05, 0) is 13.0 Å². The standard InChI is InChI=1S/C14H15ClN2O3S/c1-7-9(16)5-13(21-7)14(18)17-10-6-11(19-2)8(15)4-12(10)20-3/h4-6H,16H2,1-3H3,(H,17,18). The third kappa shape index (κ3) is 3.22. The van der Waals surface area contributed by atoms with Gasteiger partial charge in [-0.1, -0.05) is 11.6 Å². The maximum absolute atomic E-state index is 12.2. The van der Waals surface area contributed by atoms with Crippen LogP contribution in [0.2, 0.25) is 5.02 Å². The lowest BCUT2D eigenvalue weighted by atomic mass is 10.2. The van der Waals surface area contributed by atoms with Gasteiger partial charge in [-0.3, -0.25) is 4.79 Å². The van der Waals surface area contributed by atoms with Crippen molar-refractivity contribution in [3.8, 4) is 11.5 Å². The zero-order valence-corrected chi connectivity index (χ0v) is 13.4. The van der Waals surface area contributed by atoms with Gasteiger partial charge in [0, 0.05) is 22.7 Å². The molecule has 0 saturated heterocycles. The third-order valence-electron chi connectivity index (χ3n) is 2.90. The molecule has 0 spiro atoms. The maximum atomic E-state index is 12.2. The molecule has 0 aliphatic heterocycles. The highest BCUT2D eigenvalue weighted by Crippen LogP contribution is 2.36. The minimum Gasteiger partial charge on any atom is -0.495 e. The number of halogens is 1. The highest BCUT2D eigenvalue weighted by Gasteiger charge is 2.15. The van der Waals surface area contributed by atoms with Crippen LogP contribution in [0, 0.1) is 6.92 Å². The Kier molecular flexibility index (Phi) is 4.59. The summed E-state index contributed by atoms with van der Waals surface area (Å²) < 4.78 is 10.4. The molecule has 112 valence electrons. The molecule has 0 bridgehead atoms. The summed E-state index contributed by atoms with van der Waals surface area (Å²) in [4.78, 5) is 13.7.